The number of ether oxygens (including phenoxy) is 1. The number of nitrogens with two attached hydrogens (primary N) is 1. The Morgan fingerprint density at radius 3 is 2.67 bits per heavy atom. The molecule has 5 heterocycles. The molecule has 0 aliphatic carbocycles. The van der Waals surface area contributed by atoms with Crippen LogP contribution in [0.3, 0.4) is 0 Å². The van der Waals surface area contributed by atoms with Gasteiger partial charge in [-0.3, -0.25) is 0 Å². The maximum absolute atomic E-state index is 6.60. The molecule has 10 heteroatoms. The largest absolute Gasteiger partial charge is 0.494 e. The molecule has 2 aromatic carbocycles. The molecule has 0 saturated carbocycles. The van der Waals surface area contributed by atoms with Crippen LogP contribution in [0.25, 0.3) is 33.6 Å². The van der Waals surface area contributed by atoms with Crippen LogP contribution in [-0.2, 0) is 0 Å². The molecule has 7 rings (SSSR count). The Balaban J connectivity index is 1.24. The van der Waals surface area contributed by atoms with Crippen molar-refractivity contribution in [3.05, 3.63) is 61.3 Å². The third kappa shape index (κ3) is 4.13. The maximum Gasteiger partial charge on any atom is 0.229 e. The van der Waals surface area contributed by atoms with Crippen molar-refractivity contribution in [1.29, 1.82) is 0 Å². The van der Waals surface area contributed by atoms with Crippen LogP contribution in [0.1, 0.15) is 0 Å². The van der Waals surface area contributed by atoms with Crippen molar-refractivity contribution in [3.8, 4) is 28.5 Å². The van der Waals surface area contributed by atoms with Crippen LogP contribution in [0.4, 0.5) is 23.0 Å². The Morgan fingerprint density at radius 2 is 1.90 bits per heavy atom. The van der Waals surface area contributed by atoms with Crippen LogP contribution < -0.4 is 20.7 Å². The van der Waals surface area contributed by atoms with Gasteiger partial charge in [0, 0.05) is 61.1 Å². The molecule has 2 aliphatic heterocycles. The Bertz CT molecular complexity index is 1630. The molecule has 5 aromatic rings. The van der Waals surface area contributed by atoms with Crippen molar-refractivity contribution in [2.24, 2.45) is 11.8 Å². The van der Waals surface area contributed by atoms with Crippen LogP contribution in [0, 0.1) is 11.8 Å². The normalized spacial score (nSPS) is 19.1. The first-order valence-electron chi connectivity index (χ1n) is 13.1. The Labute approximate surface area is 225 Å². The molecule has 10 nitrogen and oxygen atoms in total. The van der Waals surface area contributed by atoms with Gasteiger partial charge in [0.15, 0.2) is 0 Å². The highest BCUT2D eigenvalue weighted by molar-refractivity contribution is 5.97. The number of fused-ring (bicyclic) bond motifs is 2. The van der Waals surface area contributed by atoms with E-state index >= 15 is 0 Å². The zero-order chi connectivity index (χ0) is 26.5. The Kier molecular flexibility index (Phi) is 5.62. The monoisotopic (exact) mass is 522 g/mol. The highest BCUT2D eigenvalue weighted by atomic mass is 16.5. The second-order valence-corrected chi connectivity index (χ2v) is 10.4. The topological polar surface area (TPSA) is 121 Å². The summed E-state index contributed by atoms with van der Waals surface area (Å²) < 4.78 is 11.4. The fourth-order valence-electron chi connectivity index (χ4n) is 6.10. The van der Waals surface area contributed by atoms with Gasteiger partial charge in [0.1, 0.15) is 12.0 Å². The minimum Gasteiger partial charge on any atom is -0.494 e. The summed E-state index contributed by atoms with van der Waals surface area (Å²) in [6.07, 6.45) is 6.82. The lowest BCUT2D eigenvalue weighted by Crippen LogP contribution is -2.27. The van der Waals surface area contributed by atoms with Gasteiger partial charge < -0.3 is 35.0 Å². The summed E-state index contributed by atoms with van der Waals surface area (Å²) in [6.45, 7) is 4.29. The first-order chi connectivity index (χ1) is 19.1. The van der Waals surface area contributed by atoms with Gasteiger partial charge in [-0.05, 0) is 31.0 Å². The molecule has 0 radical (unpaired) electrons. The molecule has 0 bridgehead atoms. The number of para-hydroxylation sites is 1. The predicted octanol–water partition coefficient (Wildman–Crippen LogP) is 4.61. The molecule has 3 aromatic heterocycles. The van der Waals surface area contributed by atoms with E-state index in [-0.39, 0.29) is 0 Å². The number of rotatable bonds is 6. The molecule has 198 valence electrons. The number of hydrogen-bond acceptors (Lipinski definition) is 9. The number of nitrogens with zero attached hydrogens (tertiary/aromatic N) is 5. The maximum atomic E-state index is 6.60. The highest BCUT2D eigenvalue weighted by Crippen LogP contribution is 2.41. The third-order valence-electron chi connectivity index (χ3n) is 7.90. The number of oxazole rings is 1. The van der Waals surface area contributed by atoms with E-state index in [1.165, 1.54) is 0 Å². The summed E-state index contributed by atoms with van der Waals surface area (Å²) in [5, 5.41) is 4.38. The van der Waals surface area contributed by atoms with Gasteiger partial charge in [0.05, 0.1) is 41.6 Å². The van der Waals surface area contributed by atoms with Crippen LogP contribution in [0.2, 0.25) is 0 Å². The molecular formula is C29H30N8O2. The van der Waals surface area contributed by atoms with Crippen LogP contribution in [0.15, 0.2) is 65.7 Å². The summed E-state index contributed by atoms with van der Waals surface area (Å²) >= 11 is 0. The Morgan fingerprint density at radius 1 is 1.08 bits per heavy atom. The van der Waals surface area contributed by atoms with Crippen molar-refractivity contribution in [3.63, 3.8) is 0 Å². The summed E-state index contributed by atoms with van der Waals surface area (Å²) in [4.78, 5) is 22.0. The molecule has 2 atom stereocenters. The fourth-order valence-corrected chi connectivity index (χ4v) is 6.10. The predicted molar refractivity (Wildman–Crippen MR) is 152 cm³/mol. The molecule has 4 N–H and O–H groups in total. The summed E-state index contributed by atoms with van der Waals surface area (Å²) in [7, 11) is 3.86. The van der Waals surface area contributed by atoms with Gasteiger partial charge in [-0.2, -0.15) is 0 Å². The van der Waals surface area contributed by atoms with Crippen LogP contribution in [-0.4, -0.2) is 65.2 Å². The molecule has 0 spiro atoms. The zero-order valence-corrected chi connectivity index (χ0v) is 21.9. The van der Waals surface area contributed by atoms with E-state index in [1.807, 2.05) is 36.5 Å². The number of aromatic amines is 1. The van der Waals surface area contributed by atoms with E-state index in [4.69, 9.17) is 19.9 Å². The lowest BCUT2D eigenvalue weighted by Gasteiger charge is -2.24. The lowest BCUT2D eigenvalue weighted by molar-refractivity contribution is 0.387. The first-order valence-corrected chi connectivity index (χ1v) is 13.1. The van der Waals surface area contributed by atoms with Gasteiger partial charge in [-0.15, -0.1) is 0 Å². The number of likely N-dealkylation sites (tertiary alicyclic amines) is 1. The Hall–Kier alpha value is -4.57. The first kappa shape index (κ1) is 23.5. The van der Waals surface area contributed by atoms with Crippen LogP contribution >= 0.6 is 0 Å². The molecule has 0 amide bonds. The van der Waals surface area contributed by atoms with Crippen LogP contribution in [0.5, 0.6) is 5.75 Å². The standard InChI is InChI=1S/C29H30N8O2/c1-36-13-17-15-37(16-18(17)14-36)25-10-26(38-2)24(9-22(25)30)34-29-33-12-21(28-31-7-8-39-28)27(35-29)20-11-32-23-6-4-3-5-19(20)23/h3-12,17-18,32H,13-16,30H2,1-2H3,(H,33,34,35)/t17-,18+. The second kappa shape index (κ2) is 9.32. The van der Waals surface area contributed by atoms with E-state index in [2.05, 4.69) is 43.2 Å². The van der Waals surface area contributed by atoms with Gasteiger partial charge in [0.2, 0.25) is 11.8 Å². The van der Waals surface area contributed by atoms with Gasteiger partial charge in [0.25, 0.3) is 0 Å². The van der Waals surface area contributed by atoms with Crippen molar-refractivity contribution < 1.29 is 9.15 Å². The minimum atomic E-state index is 0.412. The molecule has 0 unspecified atom stereocenters. The number of nitrogens with one attached hydrogen (secondary N) is 2. The number of methoxy groups -OCH3 is 1. The zero-order valence-electron chi connectivity index (χ0n) is 21.9. The lowest BCUT2D eigenvalue weighted by atomic mass is 10.0. The molecular weight excluding hydrogens is 492 g/mol. The number of benzene rings is 2. The van der Waals surface area contributed by atoms with Crippen molar-refractivity contribution in [2.75, 3.05) is 56.3 Å². The number of aromatic nitrogens is 4. The quantitative estimate of drug-likeness (QED) is 0.274. The molecule has 2 saturated heterocycles. The summed E-state index contributed by atoms with van der Waals surface area (Å²) in [5.74, 6) is 2.90. The van der Waals surface area contributed by atoms with Gasteiger partial charge in [-0.25, -0.2) is 15.0 Å². The second-order valence-electron chi connectivity index (χ2n) is 10.4. The van der Waals surface area contributed by atoms with E-state index in [0.717, 1.165) is 48.3 Å². The number of anilines is 4. The minimum absolute atomic E-state index is 0.412. The smallest absolute Gasteiger partial charge is 0.229 e. The van der Waals surface area contributed by atoms with E-state index in [0.29, 0.717) is 52.1 Å². The number of hydrogen-bond donors (Lipinski definition) is 3. The number of nitrogen functional groups attached to an aromatic ring is 1. The van der Waals surface area contributed by atoms with Crippen molar-refractivity contribution in [2.45, 2.75) is 0 Å². The van der Waals surface area contributed by atoms with Crippen molar-refractivity contribution >= 4 is 33.9 Å². The molecule has 2 fully saturated rings. The summed E-state index contributed by atoms with van der Waals surface area (Å²) in [6, 6.07) is 12.0. The molecule has 39 heavy (non-hydrogen) atoms. The third-order valence-corrected chi connectivity index (χ3v) is 7.90. The summed E-state index contributed by atoms with van der Waals surface area (Å²) in [5.41, 5.74) is 12.3. The SMILES string of the molecule is COc1cc(N2C[C@H]3CN(C)C[C@H]3C2)c(N)cc1Nc1ncc(-c2ncco2)c(-c2c[nH]c3ccccc23)n1. The average molecular weight is 523 g/mol. The fraction of sp³-hybridized carbons (Fsp3) is 0.276. The number of H-pyrrole nitrogens is 1. The van der Waals surface area contributed by atoms with Gasteiger partial charge >= 0.3 is 0 Å². The van der Waals surface area contributed by atoms with Crippen molar-refractivity contribution in [1.82, 2.24) is 24.8 Å². The van der Waals surface area contributed by atoms with Gasteiger partial charge in [-0.1, -0.05) is 18.2 Å². The van der Waals surface area contributed by atoms with E-state index in [1.54, 1.807) is 25.8 Å². The van der Waals surface area contributed by atoms with E-state index in [9.17, 15) is 0 Å². The molecule has 2 aliphatic rings. The highest BCUT2D eigenvalue weighted by Gasteiger charge is 2.39. The average Bonchev–Trinajstić information content (AvgIpc) is 3.73. The van der Waals surface area contributed by atoms with E-state index < -0.39 is 0 Å².